The van der Waals surface area contributed by atoms with Crippen LogP contribution in [0.3, 0.4) is 0 Å². The third-order valence-corrected chi connectivity index (χ3v) is 8.06. The largest absolute Gasteiger partial charge is 0.508 e. The Labute approximate surface area is 220 Å². The summed E-state index contributed by atoms with van der Waals surface area (Å²) in [6, 6.07) is 7.59. The van der Waals surface area contributed by atoms with Crippen LogP contribution in [0.1, 0.15) is 57.8 Å². The molecule has 8 heteroatoms. The number of aromatic hydroxyl groups is 2. The van der Waals surface area contributed by atoms with Gasteiger partial charge in [-0.1, -0.05) is 31.1 Å². The van der Waals surface area contributed by atoms with Crippen molar-refractivity contribution in [2.75, 3.05) is 0 Å². The highest BCUT2D eigenvalue weighted by Crippen LogP contribution is 2.53. The van der Waals surface area contributed by atoms with Gasteiger partial charge in [0, 0.05) is 29.5 Å². The highest BCUT2D eigenvalue weighted by molar-refractivity contribution is 6.01. The molecular weight excluding hydrogens is 488 g/mol. The lowest BCUT2D eigenvalue weighted by atomic mass is 9.77. The van der Waals surface area contributed by atoms with Crippen LogP contribution in [0.5, 0.6) is 17.2 Å². The molecular formula is C30H32O8. The molecule has 0 unspecified atom stereocenters. The van der Waals surface area contributed by atoms with Gasteiger partial charge in [-0.25, -0.2) is 4.79 Å². The average molecular weight is 521 g/mol. The van der Waals surface area contributed by atoms with Crippen molar-refractivity contribution in [3.8, 4) is 28.4 Å². The fourth-order valence-corrected chi connectivity index (χ4v) is 5.78. The number of fused-ring (bicyclic) bond motifs is 2. The van der Waals surface area contributed by atoms with E-state index in [1.807, 2.05) is 6.92 Å². The van der Waals surface area contributed by atoms with E-state index in [0.29, 0.717) is 28.0 Å². The summed E-state index contributed by atoms with van der Waals surface area (Å²) in [5, 5.41) is 31.3. The number of carbonyl (C=O) groups is 1. The number of rotatable bonds is 5. The number of ether oxygens (including phenoxy) is 2. The molecule has 200 valence electrons. The first kappa shape index (κ1) is 25.9. The quantitative estimate of drug-likeness (QED) is 0.312. The second kappa shape index (κ2) is 9.83. The molecule has 1 aliphatic heterocycles. The summed E-state index contributed by atoms with van der Waals surface area (Å²) >= 11 is 0. The van der Waals surface area contributed by atoms with Gasteiger partial charge in [0.15, 0.2) is 11.0 Å². The SMILES string of the molecule is CC=C(C)C(=O)O[C@H]1Cc2c(c(-c3cccc(O)c3)c3oc(CO)cc(=O)c3c2O)O[C@@]1(C)C1CCCC1. The molecule has 0 saturated heterocycles. The van der Waals surface area contributed by atoms with Crippen molar-refractivity contribution in [1.29, 1.82) is 0 Å². The number of esters is 1. The van der Waals surface area contributed by atoms with E-state index in [1.54, 1.807) is 32.1 Å². The maximum Gasteiger partial charge on any atom is 0.333 e. The topological polar surface area (TPSA) is 126 Å². The maximum atomic E-state index is 13.1. The van der Waals surface area contributed by atoms with Crippen LogP contribution in [-0.2, 0) is 22.6 Å². The average Bonchev–Trinajstić information content (AvgIpc) is 3.45. The van der Waals surface area contributed by atoms with Crippen LogP contribution in [0.25, 0.3) is 22.1 Å². The predicted octanol–water partition coefficient (Wildman–Crippen LogP) is 5.13. The Hall–Kier alpha value is -3.78. The van der Waals surface area contributed by atoms with Crippen molar-refractivity contribution in [2.24, 2.45) is 5.92 Å². The fraction of sp³-hybridized carbons (Fsp3) is 0.400. The zero-order valence-corrected chi connectivity index (χ0v) is 21.7. The normalized spacial score (nSPS) is 21.8. The summed E-state index contributed by atoms with van der Waals surface area (Å²) in [6.45, 7) is 4.87. The van der Waals surface area contributed by atoms with E-state index < -0.39 is 29.7 Å². The van der Waals surface area contributed by atoms with Crippen LogP contribution in [-0.4, -0.2) is 33.0 Å². The molecule has 0 radical (unpaired) electrons. The summed E-state index contributed by atoms with van der Waals surface area (Å²) in [5.41, 5.74) is 0.287. The zero-order chi connectivity index (χ0) is 27.2. The van der Waals surface area contributed by atoms with Crippen LogP contribution < -0.4 is 10.2 Å². The van der Waals surface area contributed by atoms with Crippen molar-refractivity contribution in [3.05, 3.63) is 63.5 Å². The number of aliphatic hydroxyl groups is 1. The van der Waals surface area contributed by atoms with Gasteiger partial charge >= 0.3 is 5.97 Å². The van der Waals surface area contributed by atoms with Gasteiger partial charge in [0.2, 0.25) is 0 Å². The number of phenolic OH excluding ortho intramolecular Hbond substituents is 2. The van der Waals surface area contributed by atoms with Crippen LogP contribution in [0.4, 0.5) is 0 Å². The monoisotopic (exact) mass is 520 g/mol. The Bertz CT molecular complexity index is 1490. The molecule has 3 aromatic rings. The van der Waals surface area contributed by atoms with Gasteiger partial charge in [-0.3, -0.25) is 4.79 Å². The molecule has 1 aliphatic carbocycles. The number of hydrogen-bond donors (Lipinski definition) is 3. The van der Waals surface area contributed by atoms with Gasteiger partial charge in [-0.05, 0) is 51.3 Å². The summed E-state index contributed by atoms with van der Waals surface area (Å²) in [5.74, 6) is -0.343. The predicted molar refractivity (Wildman–Crippen MR) is 141 cm³/mol. The van der Waals surface area contributed by atoms with Gasteiger partial charge in [-0.2, -0.15) is 0 Å². The molecule has 38 heavy (non-hydrogen) atoms. The lowest BCUT2D eigenvalue weighted by Crippen LogP contribution is -2.55. The molecule has 3 N–H and O–H groups in total. The standard InChI is InChI=1S/C30H32O8/c1-4-16(2)29(35)37-23-14-21-26(34)25-22(33)13-20(15-31)36-28(25)24(17-8-7-11-19(32)12-17)27(21)38-30(23,3)18-9-5-6-10-18/h4,7-8,11-13,18,23,31-32,34H,5-6,9-10,14-15H2,1-3H3/t23-,30-/m0/s1. The third kappa shape index (κ3) is 4.22. The number of carbonyl (C=O) groups excluding carboxylic acids is 1. The molecule has 5 rings (SSSR count). The smallest absolute Gasteiger partial charge is 0.333 e. The Balaban J connectivity index is 1.80. The Morgan fingerprint density at radius 1 is 1.21 bits per heavy atom. The van der Waals surface area contributed by atoms with Gasteiger partial charge in [0.25, 0.3) is 0 Å². The molecule has 2 aromatic carbocycles. The van der Waals surface area contributed by atoms with E-state index in [0.717, 1.165) is 31.7 Å². The van der Waals surface area contributed by atoms with E-state index in [1.165, 1.54) is 12.1 Å². The molecule has 1 saturated carbocycles. The van der Waals surface area contributed by atoms with Crippen LogP contribution >= 0.6 is 0 Å². The van der Waals surface area contributed by atoms with Crippen LogP contribution in [0.2, 0.25) is 0 Å². The van der Waals surface area contributed by atoms with Gasteiger partial charge < -0.3 is 29.2 Å². The Morgan fingerprint density at radius 2 is 1.95 bits per heavy atom. The van der Waals surface area contributed by atoms with Crippen molar-refractivity contribution in [2.45, 2.75) is 71.2 Å². The summed E-state index contributed by atoms with van der Waals surface area (Å²) in [7, 11) is 0. The van der Waals surface area contributed by atoms with E-state index in [-0.39, 0.29) is 40.6 Å². The molecule has 2 heterocycles. The zero-order valence-electron chi connectivity index (χ0n) is 21.7. The molecule has 0 amide bonds. The minimum Gasteiger partial charge on any atom is -0.508 e. The molecule has 0 spiro atoms. The molecule has 1 fully saturated rings. The van der Waals surface area contributed by atoms with Crippen LogP contribution in [0, 0.1) is 5.92 Å². The minimum atomic E-state index is -0.923. The third-order valence-electron chi connectivity index (χ3n) is 8.06. The first-order chi connectivity index (χ1) is 18.2. The lowest BCUT2D eigenvalue weighted by Gasteiger charge is -2.46. The second-order valence-electron chi connectivity index (χ2n) is 10.4. The highest BCUT2D eigenvalue weighted by Gasteiger charge is 2.51. The van der Waals surface area contributed by atoms with Crippen molar-refractivity contribution < 1.29 is 34.0 Å². The summed E-state index contributed by atoms with van der Waals surface area (Å²) < 4.78 is 18.7. The minimum absolute atomic E-state index is 0.00105. The van der Waals surface area contributed by atoms with Crippen molar-refractivity contribution >= 4 is 16.9 Å². The van der Waals surface area contributed by atoms with E-state index >= 15 is 0 Å². The molecule has 0 bridgehead atoms. The molecule has 8 nitrogen and oxygen atoms in total. The summed E-state index contributed by atoms with van der Waals surface area (Å²) in [6.07, 6.45) is 4.94. The second-order valence-corrected chi connectivity index (χ2v) is 10.4. The molecule has 2 atom stereocenters. The Morgan fingerprint density at radius 3 is 2.61 bits per heavy atom. The van der Waals surface area contributed by atoms with Crippen molar-refractivity contribution in [3.63, 3.8) is 0 Å². The highest BCUT2D eigenvalue weighted by atomic mass is 16.6. The first-order valence-corrected chi connectivity index (χ1v) is 13.0. The number of phenols is 2. The van der Waals surface area contributed by atoms with Gasteiger partial charge in [0.1, 0.15) is 46.7 Å². The molecule has 1 aromatic heterocycles. The Kier molecular flexibility index (Phi) is 6.69. The number of benzene rings is 2. The first-order valence-electron chi connectivity index (χ1n) is 13.0. The van der Waals surface area contributed by atoms with Crippen molar-refractivity contribution in [1.82, 2.24) is 0 Å². The van der Waals surface area contributed by atoms with E-state index in [2.05, 4.69) is 0 Å². The van der Waals surface area contributed by atoms with Gasteiger partial charge in [-0.15, -0.1) is 0 Å². The van der Waals surface area contributed by atoms with E-state index in [9.17, 15) is 24.9 Å². The molecule has 2 aliphatic rings. The number of hydrogen-bond acceptors (Lipinski definition) is 8. The lowest BCUT2D eigenvalue weighted by molar-refractivity contribution is -0.164. The number of allylic oxidation sites excluding steroid dienone is 1. The summed E-state index contributed by atoms with van der Waals surface area (Å²) in [4.78, 5) is 26.0. The van der Waals surface area contributed by atoms with Crippen LogP contribution in [0.15, 0.2) is 51.2 Å². The maximum absolute atomic E-state index is 13.1. The van der Waals surface area contributed by atoms with E-state index in [4.69, 9.17) is 13.9 Å². The number of aliphatic hydroxyl groups excluding tert-OH is 1. The fourth-order valence-electron chi connectivity index (χ4n) is 5.78. The van der Waals surface area contributed by atoms with Gasteiger partial charge in [0.05, 0.1) is 5.56 Å².